The molecule has 0 atom stereocenters. The van der Waals surface area contributed by atoms with Gasteiger partial charge in [0.2, 0.25) is 0 Å². The average Bonchev–Trinajstić information content (AvgIpc) is 2.83. The Morgan fingerprint density at radius 2 is 0.387 bits per heavy atom. The van der Waals surface area contributed by atoms with Gasteiger partial charge in [-0.25, -0.2) is 0 Å². The van der Waals surface area contributed by atoms with Gasteiger partial charge < -0.3 is 66.8 Å². The summed E-state index contributed by atoms with van der Waals surface area (Å²) in [5, 5.41) is 0. The molecule has 0 fully saturated rings. The molecule has 0 radical (unpaired) electrons. The predicted molar refractivity (Wildman–Crippen MR) is 283 cm³/mol. The third-order valence-electron chi connectivity index (χ3n) is 7.26. The summed E-state index contributed by atoms with van der Waals surface area (Å²) in [6, 6.07) is 0. The molecule has 0 aromatic carbocycles. The molecule has 0 aliphatic rings. The lowest BCUT2D eigenvalue weighted by molar-refractivity contribution is 0.00145. The van der Waals surface area contributed by atoms with E-state index in [1.807, 2.05) is 86.2 Å². The Morgan fingerprint density at radius 3 is 0.532 bits per heavy atom. The van der Waals surface area contributed by atoms with Gasteiger partial charge in [0.15, 0.2) is 9.04 Å². The molecule has 0 unspecified atom stereocenters. The molecule has 0 saturated carbocycles. The molecule has 0 aliphatic heterocycles. The van der Waals surface area contributed by atoms with Gasteiger partial charge >= 0.3 is 112 Å². The second kappa shape index (κ2) is 23.5. The van der Waals surface area contributed by atoms with Crippen molar-refractivity contribution in [1.82, 2.24) is 0 Å². The zero-order valence-electron chi connectivity index (χ0n) is 44.7. The van der Waals surface area contributed by atoms with Crippen LogP contribution in [-0.2, 0) is 66.8 Å². The van der Waals surface area contributed by atoms with Crippen molar-refractivity contribution in [2.75, 3.05) is 19.8 Å². The summed E-state index contributed by atoms with van der Waals surface area (Å²) in [6.45, 7) is 60.3. The Morgan fingerprint density at radius 1 is 0.242 bits per heavy atom. The first-order valence-electron chi connectivity index (χ1n) is 22.1. The number of hydrogen-bond acceptors (Lipinski definition) is 16. The van der Waals surface area contributed by atoms with Crippen LogP contribution in [0.1, 0.15) is 20.8 Å². The summed E-state index contributed by atoms with van der Waals surface area (Å²) in [7, 11) is -37.3. The number of rotatable bonds is 32. The molecular weight excluding hydrogens is 1030 g/mol. The van der Waals surface area contributed by atoms with Gasteiger partial charge in [-0.05, 0) is 191 Å². The van der Waals surface area contributed by atoms with E-state index in [1.165, 1.54) is 0 Å². The molecular formula is C32H94O16Si14. The van der Waals surface area contributed by atoms with Gasteiger partial charge in [0.1, 0.15) is 0 Å². The summed E-state index contributed by atoms with van der Waals surface area (Å²) in [4.78, 5) is 0. The van der Waals surface area contributed by atoms with Crippen LogP contribution < -0.4 is 0 Å². The van der Waals surface area contributed by atoms with Crippen molar-refractivity contribution in [2.24, 2.45) is 0 Å². The van der Waals surface area contributed by atoms with Gasteiger partial charge in [0, 0.05) is 19.8 Å². The highest BCUT2D eigenvalue weighted by Gasteiger charge is 2.55. The zero-order valence-corrected chi connectivity index (χ0v) is 58.9. The maximum absolute atomic E-state index is 6.86. The molecule has 0 bridgehead atoms. The van der Waals surface area contributed by atoms with Crippen LogP contribution in [0.5, 0.6) is 0 Å². The quantitative estimate of drug-likeness (QED) is 0.0588. The highest BCUT2D eigenvalue weighted by atomic mass is 28.5. The zero-order chi connectivity index (χ0) is 49.5. The molecule has 30 heteroatoms. The van der Waals surface area contributed by atoms with Crippen LogP contribution in [0.25, 0.3) is 0 Å². The van der Waals surface area contributed by atoms with Crippen molar-refractivity contribution < 1.29 is 66.8 Å². The minimum Gasteiger partial charge on any atom is -0.440 e. The maximum atomic E-state index is 6.86. The van der Waals surface area contributed by atoms with Gasteiger partial charge in [-0.15, -0.1) is 0 Å². The maximum Gasteiger partial charge on any atom is 0.670 e. The van der Waals surface area contributed by atoms with Crippen LogP contribution in [-0.4, -0.2) is 141 Å². The molecule has 0 aliphatic carbocycles. The van der Waals surface area contributed by atoms with E-state index in [0.29, 0.717) is 19.8 Å². The van der Waals surface area contributed by atoms with Gasteiger partial charge in [-0.1, -0.05) is 0 Å². The van der Waals surface area contributed by atoms with E-state index < -0.39 is 121 Å². The van der Waals surface area contributed by atoms with Crippen molar-refractivity contribution in [3.63, 3.8) is 0 Å². The van der Waals surface area contributed by atoms with Gasteiger partial charge in [0.25, 0.3) is 0 Å². The lowest BCUT2D eigenvalue weighted by atomic mass is 10.9. The minimum atomic E-state index is -3.40. The molecule has 0 heterocycles. The fourth-order valence-corrected chi connectivity index (χ4v) is 76.0. The Bertz CT molecular complexity index is 1350. The summed E-state index contributed by atoms with van der Waals surface area (Å²) in [5.41, 5.74) is 0. The van der Waals surface area contributed by atoms with Crippen LogP contribution in [0.3, 0.4) is 0 Å². The minimum absolute atomic E-state index is 0.401. The van der Waals surface area contributed by atoms with E-state index in [-0.39, 0.29) is 0 Å². The van der Waals surface area contributed by atoms with E-state index in [4.69, 9.17) is 66.8 Å². The molecule has 0 spiro atoms. The first-order valence-corrected chi connectivity index (χ1v) is 60.3. The van der Waals surface area contributed by atoms with Crippen molar-refractivity contribution in [3.05, 3.63) is 0 Å². The van der Waals surface area contributed by atoms with Gasteiger partial charge in [-0.2, -0.15) is 0 Å². The summed E-state index contributed by atoms with van der Waals surface area (Å²) < 4.78 is 105. The Kier molecular flexibility index (Phi) is 24.5. The first kappa shape index (κ1) is 64.4. The molecule has 16 nitrogen and oxygen atoms in total. The van der Waals surface area contributed by atoms with Crippen molar-refractivity contribution >= 4 is 121 Å². The Hall–Kier alpha value is 2.40. The van der Waals surface area contributed by atoms with E-state index in [0.717, 1.165) is 0 Å². The highest BCUT2D eigenvalue weighted by Crippen LogP contribution is 2.32. The van der Waals surface area contributed by atoms with Crippen molar-refractivity contribution in [2.45, 2.75) is 191 Å². The van der Waals surface area contributed by atoms with Gasteiger partial charge in [-0.3, -0.25) is 0 Å². The second-order valence-electron chi connectivity index (χ2n) is 21.0. The van der Waals surface area contributed by atoms with E-state index in [2.05, 4.69) is 105 Å². The lowest BCUT2D eigenvalue weighted by Crippen LogP contribution is -2.63. The topological polar surface area (TPSA) is 148 Å². The standard InChI is InChI=1S/C32H94O16Si14/c1-30-33-62(34-31-2,35-32-3)48-61(28,29)47-60(26,27)46-59(24,25)45-58(22,23)44-57(20,21)43-56(18,19)42-55(16,17)41-54(14,15)40-53(12,13)39-52(10,11)38-51(8,9)37-50(6,7)36-49(4)5/h49H,30-32H2,1-29H3. The summed E-state index contributed by atoms with van der Waals surface area (Å²) in [6.07, 6.45) is 0. The normalized spacial score (nSPS) is 15.6. The summed E-state index contributed by atoms with van der Waals surface area (Å²) >= 11 is 0. The SMILES string of the molecule is CCO[Si](OCC)(OCC)O[Si](C)(C)O[Si](C)(C)O[Si](C)(C)O[Si](C)(C)O[Si](C)(C)O[Si](C)(C)O[Si](C)(C)O[Si](C)(C)O[Si](C)(C)O[Si](C)(C)O[Si](C)(C)O[Si](C)(C)O[SiH](C)C. The van der Waals surface area contributed by atoms with E-state index >= 15 is 0 Å². The van der Waals surface area contributed by atoms with E-state index in [9.17, 15) is 0 Å². The van der Waals surface area contributed by atoms with Crippen LogP contribution >= 0.6 is 0 Å². The molecule has 62 heavy (non-hydrogen) atoms. The second-order valence-corrected chi connectivity index (χ2v) is 69.3. The predicted octanol–water partition coefficient (Wildman–Crippen LogP) is 10.2. The molecule has 0 rings (SSSR count). The van der Waals surface area contributed by atoms with Crippen LogP contribution in [0.15, 0.2) is 0 Å². The molecule has 374 valence electrons. The van der Waals surface area contributed by atoms with Crippen molar-refractivity contribution in [3.8, 4) is 0 Å². The highest BCUT2D eigenvalue weighted by molar-refractivity contribution is 6.94. The lowest BCUT2D eigenvalue weighted by Gasteiger charge is -2.45. The largest absolute Gasteiger partial charge is 0.670 e. The Labute approximate surface area is 395 Å². The fourth-order valence-electron chi connectivity index (χ4n) is 8.38. The smallest absolute Gasteiger partial charge is 0.440 e. The van der Waals surface area contributed by atoms with Crippen LogP contribution in [0.2, 0.25) is 170 Å². The van der Waals surface area contributed by atoms with Crippen LogP contribution in [0, 0.1) is 0 Å². The molecule has 0 N–H and O–H groups in total. The van der Waals surface area contributed by atoms with Crippen LogP contribution in [0.4, 0.5) is 0 Å². The third-order valence-corrected chi connectivity index (χ3v) is 59.6. The van der Waals surface area contributed by atoms with Gasteiger partial charge in [0.05, 0.1) is 0 Å². The summed E-state index contributed by atoms with van der Waals surface area (Å²) in [5.74, 6) is 0. The molecule has 0 aromatic heterocycles. The first-order chi connectivity index (χ1) is 27.1. The van der Waals surface area contributed by atoms with E-state index in [1.54, 1.807) is 0 Å². The monoisotopic (exact) mass is 1130 g/mol. The third kappa shape index (κ3) is 28.2. The molecule has 0 amide bonds. The van der Waals surface area contributed by atoms with Crippen molar-refractivity contribution in [1.29, 1.82) is 0 Å². The molecule has 0 aromatic rings. The molecule has 0 saturated heterocycles. The Balaban J connectivity index is 5.74. The average molecular weight is 1130 g/mol. The number of hydrogen-bond donors (Lipinski definition) is 0. The fraction of sp³-hybridized carbons (Fsp3) is 1.00.